The van der Waals surface area contributed by atoms with E-state index in [2.05, 4.69) is 15.5 Å². The van der Waals surface area contributed by atoms with Crippen LogP contribution < -0.4 is 5.32 Å². The maximum absolute atomic E-state index is 13.6. The van der Waals surface area contributed by atoms with Crippen LogP contribution in [0.5, 0.6) is 0 Å². The van der Waals surface area contributed by atoms with Crippen LogP contribution in [0.1, 0.15) is 22.3 Å². The second-order valence-electron chi connectivity index (χ2n) is 4.35. The normalized spacial score (nSPS) is 10.9. The minimum atomic E-state index is -0.314. The van der Waals surface area contributed by atoms with Gasteiger partial charge in [0.05, 0.1) is 4.88 Å². The molecule has 0 aliphatic carbocycles. The number of carbonyl (C=O) groups excluding carboxylic acids is 1. The fourth-order valence-electron chi connectivity index (χ4n) is 1.92. The summed E-state index contributed by atoms with van der Waals surface area (Å²) in [5.74, 6) is -0.115. The molecule has 2 N–H and O–H groups in total. The molecule has 0 bridgehead atoms. The van der Waals surface area contributed by atoms with Crippen molar-refractivity contribution in [1.29, 1.82) is 0 Å². The average molecular weight is 289 g/mol. The summed E-state index contributed by atoms with van der Waals surface area (Å²) in [7, 11) is 0. The number of benzene rings is 1. The van der Waals surface area contributed by atoms with Crippen molar-refractivity contribution in [2.24, 2.45) is 0 Å². The van der Waals surface area contributed by atoms with Gasteiger partial charge in [0, 0.05) is 21.8 Å². The summed E-state index contributed by atoms with van der Waals surface area (Å²) >= 11 is 1.26. The number of aromatic nitrogens is 2. The minimum absolute atomic E-state index is 0.278. The summed E-state index contributed by atoms with van der Waals surface area (Å²) < 4.78 is 14.4. The highest BCUT2D eigenvalue weighted by Gasteiger charge is 2.13. The Kier molecular flexibility index (Phi) is 3.23. The molecule has 0 aliphatic rings. The molecule has 20 heavy (non-hydrogen) atoms. The molecule has 2 aromatic heterocycles. The molecule has 0 aliphatic heterocycles. The number of rotatable bonds is 3. The highest BCUT2D eigenvalue weighted by atomic mass is 32.1. The Morgan fingerprint density at radius 1 is 1.45 bits per heavy atom. The van der Waals surface area contributed by atoms with E-state index in [1.807, 2.05) is 6.92 Å². The molecule has 0 spiro atoms. The molecular weight excluding hydrogens is 277 g/mol. The first-order chi connectivity index (χ1) is 9.67. The van der Waals surface area contributed by atoms with Gasteiger partial charge in [-0.1, -0.05) is 13.0 Å². The fourth-order valence-corrected chi connectivity index (χ4v) is 2.89. The molecule has 0 saturated carbocycles. The van der Waals surface area contributed by atoms with Crippen LogP contribution in [0.2, 0.25) is 0 Å². The number of thiophene rings is 1. The number of amides is 1. The molecule has 4 nitrogen and oxygen atoms in total. The Labute approximate surface area is 118 Å². The Morgan fingerprint density at radius 2 is 2.30 bits per heavy atom. The molecule has 1 aromatic carbocycles. The number of hydrogen-bond acceptors (Lipinski definition) is 3. The molecule has 6 heteroatoms. The number of aryl methyl sites for hydroxylation is 1. The fraction of sp³-hybridized carbons (Fsp3) is 0.143. The standard InChI is InChI=1S/C14H12FN3OS/c1-2-8-6-13(18-17-8)16-14(19)12-7-9-10(15)4-3-5-11(9)20-12/h3-7H,2H2,1H3,(H2,16,17,18,19). The summed E-state index contributed by atoms with van der Waals surface area (Å²) in [6.07, 6.45) is 0.816. The third-order valence-corrected chi connectivity index (χ3v) is 4.08. The Balaban J connectivity index is 1.86. The molecule has 0 unspecified atom stereocenters. The van der Waals surface area contributed by atoms with Gasteiger partial charge in [0.15, 0.2) is 5.82 Å². The van der Waals surface area contributed by atoms with Crippen LogP contribution >= 0.6 is 11.3 Å². The summed E-state index contributed by atoms with van der Waals surface area (Å²) in [6.45, 7) is 1.99. The summed E-state index contributed by atoms with van der Waals surface area (Å²) in [5, 5.41) is 10.00. The second-order valence-corrected chi connectivity index (χ2v) is 5.43. The smallest absolute Gasteiger partial charge is 0.266 e. The van der Waals surface area contributed by atoms with Gasteiger partial charge in [0.25, 0.3) is 5.91 Å². The zero-order valence-corrected chi connectivity index (χ0v) is 11.6. The van der Waals surface area contributed by atoms with Crippen molar-refractivity contribution in [2.75, 3.05) is 5.32 Å². The van der Waals surface area contributed by atoms with Gasteiger partial charge in [-0.15, -0.1) is 11.3 Å². The highest BCUT2D eigenvalue weighted by molar-refractivity contribution is 7.20. The average Bonchev–Trinajstić information content (AvgIpc) is 3.05. The molecule has 102 valence electrons. The molecular formula is C14H12FN3OS. The van der Waals surface area contributed by atoms with E-state index in [0.29, 0.717) is 16.1 Å². The summed E-state index contributed by atoms with van der Waals surface area (Å²) in [4.78, 5) is 12.6. The monoisotopic (exact) mass is 289 g/mol. The third kappa shape index (κ3) is 2.30. The molecule has 2 heterocycles. The highest BCUT2D eigenvalue weighted by Crippen LogP contribution is 2.28. The van der Waals surface area contributed by atoms with Crippen LogP contribution in [0.4, 0.5) is 10.2 Å². The Hall–Kier alpha value is -2.21. The number of aromatic amines is 1. The van der Waals surface area contributed by atoms with Crippen LogP contribution in [0.3, 0.4) is 0 Å². The quantitative estimate of drug-likeness (QED) is 0.774. The lowest BCUT2D eigenvalue weighted by Gasteiger charge is -1.97. The predicted octanol–water partition coefficient (Wildman–Crippen LogP) is 3.58. The van der Waals surface area contributed by atoms with E-state index in [0.717, 1.165) is 16.8 Å². The molecule has 0 radical (unpaired) electrons. The number of nitrogens with one attached hydrogen (secondary N) is 2. The van der Waals surface area contributed by atoms with Crippen molar-refractivity contribution in [2.45, 2.75) is 13.3 Å². The second kappa shape index (κ2) is 5.05. The minimum Gasteiger partial charge on any atom is -0.304 e. The van der Waals surface area contributed by atoms with Crippen LogP contribution in [0.25, 0.3) is 10.1 Å². The maximum atomic E-state index is 13.6. The van der Waals surface area contributed by atoms with Gasteiger partial charge >= 0.3 is 0 Å². The van der Waals surface area contributed by atoms with Gasteiger partial charge in [0.1, 0.15) is 5.82 Å². The molecule has 3 rings (SSSR count). The van der Waals surface area contributed by atoms with Gasteiger partial charge in [-0.3, -0.25) is 9.89 Å². The first kappa shape index (κ1) is 12.8. The topological polar surface area (TPSA) is 57.8 Å². The van der Waals surface area contributed by atoms with Crippen molar-refractivity contribution in [3.05, 3.63) is 46.7 Å². The van der Waals surface area contributed by atoms with Crippen molar-refractivity contribution in [3.8, 4) is 0 Å². The first-order valence-electron chi connectivity index (χ1n) is 6.21. The Bertz CT molecular complexity index is 778. The van der Waals surface area contributed by atoms with Gasteiger partial charge in [0.2, 0.25) is 0 Å². The van der Waals surface area contributed by atoms with Crippen LogP contribution in [0, 0.1) is 5.82 Å². The Morgan fingerprint density at radius 3 is 3.00 bits per heavy atom. The van der Waals surface area contributed by atoms with E-state index in [-0.39, 0.29) is 11.7 Å². The van der Waals surface area contributed by atoms with E-state index >= 15 is 0 Å². The maximum Gasteiger partial charge on any atom is 0.266 e. The van der Waals surface area contributed by atoms with E-state index in [1.54, 1.807) is 24.3 Å². The summed E-state index contributed by atoms with van der Waals surface area (Å²) in [6, 6.07) is 8.17. The number of fused-ring (bicyclic) bond motifs is 1. The zero-order valence-electron chi connectivity index (χ0n) is 10.7. The number of hydrogen-bond donors (Lipinski definition) is 2. The number of nitrogens with zero attached hydrogens (tertiary/aromatic N) is 1. The first-order valence-corrected chi connectivity index (χ1v) is 7.02. The molecule has 0 atom stereocenters. The van der Waals surface area contributed by atoms with Gasteiger partial charge in [-0.25, -0.2) is 4.39 Å². The van der Waals surface area contributed by atoms with Crippen LogP contribution in [0.15, 0.2) is 30.3 Å². The zero-order chi connectivity index (χ0) is 14.1. The van der Waals surface area contributed by atoms with Gasteiger partial charge in [-0.2, -0.15) is 5.10 Å². The number of anilines is 1. The van der Waals surface area contributed by atoms with E-state index in [4.69, 9.17) is 0 Å². The SMILES string of the molecule is CCc1cc(NC(=O)c2cc3c(F)cccc3s2)n[nH]1. The van der Waals surface area contributed by atoms with Gasteiger partial charge < -0.3 is 5.32 Å². The van der Waals surface area contributed by atoms with Crippen molar-refractivity contribution in [1.82, 2.24) is 10.2 Å². The summed E-state index contributed by atoms with van der Waals surface area (Å²) in [5.41, 5.74) is 0.947. The van der Waals surface area contributed by atoms with E-state index in [9.17, 15) is 9.18 Å². The van der Waals surface area contributed by atoms with E-state index < -0.39 is 0 Å². The number of halogens is 1. The molecule has 1 amide bonds. The van der Waals surface area contributed by atoms with Crippen molar-refractivity contribution in [3.63, 3.8) is 0 Å². The lowest BCUT2D eigenvalue weighted by atomic mass is 10.2. The lowest BCUT2D eigenvalue weighted by Crippen LogP contribution is -2.10. The molecule has 3 aromatic rings. The van der Waals surface area contributed by atoms with Gasteiger partial charge in [-0.05, 0) is 24.6 Å². The molecule has 0 saturated heterocycles. The van der Waals surface area contributed by atoms with Crippen LogP contribution in [-0.2, 0) is 6.42 Å². The van der Waals surface area contributed by atoms with Crippen molar-refractivity contribution < 1.29 is 9.18 Å². The van der Waals surface area contributed by atoms with E-state index in [1.165, 1.54) is 17.4 Å². The predicted molar refractivity (Wildman–Crippen MR) is 77.7 cm³/mol. The lowest BCUT2D eigenvalue weighted by molar-refractivity contribution is 0.103. The van der Waals surface area contributed by atoms with Crippen LogP contribution in [-0.4, -0.2) is 16.1 Å². The van der Waals surface area contributed by atoms with Crippen molar-refractivity contribution >= 4 is 33.1 Å². The largest absolute Gasteiger partial charge is 0.304 e. The number of carbonyl (C=O) groups is 1. The number of H-pyrrole nitrogens is 1. The third-order valence-electron chi connectivity index (χ3n) is 2.99. The molecule has 0 fully saturated rings.